The van der Waals surface area contributed by atoms with Gasteiger partial charge in [0.15, 0.2) is 0 Å². The van der Waals surface area contributed by atoms with Crippen LogP contribution >= 0.6 is 0 Å². The molecule has 0 unspecified atom stereocenters. The lowest BCUT2D eigenvalue weighted by molar-refractivity contribution is -0.132. The lowest BCUT2D eigenvalue weighted by atomic mass is 10.1. The number of carbonyl (C=O) groups is 2. The van der Waals surface area contributed by atoms with Gasteiger partial charge in [-0.15, -0.1) is 0 Å². The highest BCUT2D eigenvalue weighted by Crippen LogP contribution is 2.29. The number of amides is 2. The van der Waals surface area contributed by atoms with E-state index in [1.54, 1.807) is 26.3 Å². The van der Waals surface area contributed by atoms with Crippen LogP contribution in [0.5, 0.6) is 5.75 Å². The number of rotatable bonds is 8. The molecule has 1 saturated carbocycles. The Morgan fingerprint density at radius 1 is 1.11 bits per heavy atom. The molecule has 5 heteroatoms. The van der Waals surface area contributed by atoms with Crippen LogP contribution in [0.25, 0.3) is 0 Å². The van der Waals surface area contributed by atoms with Gasteiger partial charge in [0.1, 0.15) is 5.75 Å². The minimum atomic E-state index is -0.102. The molecule has 1 aliphatic rings. The summed E-state index contributed by atoms with van der Waals surface area (Å²) >= 11 is 0. The van der Waals surface area contributed by atoms with E-state index in [9.17, 15) is 9.59 Å². The maximum absolute atomic E-state index is 12.8. The molecule has 0 radical (unpaired) electrons. The van der Waals surface area contributed by atoms with E-state index in [1.165, 1.54) is 0 Å². The first-order chi connectivity index (χ1) is 13.1. The Balaban J connectivity index is 1.61. The van der Waals surface area contributed by atoms with Crippen molar-refractivity contribution in [3.8, 4) is 5.75 Å². The summed E-state index contributed by atoms with van der Waals surface area (Å²) in [6, 6.07) is 15.7. The van der Waals surface area contributed by atoms with Crippen molar-refractivity contribution in [3.05, 3.63) is 65.2 Å². The van der Waals surface area contributed by atoms with Crippen molar-refractivity contribution >= 4 is 11.8 Å². The third-order valence-corrected chi connectivity index (χ3v) is 4.87. The van der Waals surface area contributed by atoms with E-state index in [2.05, 4.69) is 5.32 Å². The molecule has 0 spiro atoms. The second-order valence-electron chi connectivity index (χ2n) is 6.88. The van der Waals surface area contributed by atoms with E-state index < -0.39 is 0 Å². The van der Waals surface area contributed by atoms with Gasteiger partial charge >= 0.3 is 0 Å². The van der Waals surface area contributed by atoms with Crippen molar-refractivity contribution < 1.29 is 14.3 Å². The highest BCUT2D eigenvalue weighted by molar-refractivity contribution is 5.93. The Morgan fingerprint density at radius 2 is 1.85 bits per heavy atom. The van der Waals surface area contributed by atoms with Gasteiger partial charge in [-0.3, -0.25) is 9.59 Å². The molecule has 142 valence electrons. The SMILES string of the molecule is CNC(=O)c1ccc(CN(C(=O)CCc2cccc(OC)c2)C2CC2)cc1. The van der Waals surface area contributed by atoms with Crippen LogP contribution in [0.15, 0.2) is 48.5 Å². The molecular formula is C22H26N2O3. The maximum Gasteiger partial charge on any atom is 0.251 e. The van der Waals surface area contributed by atoms with E-state index in [0.717, 1.165) is 29.7 Å². The number of aryl methyl sites for hydroxylation is 1. The van der Waals surface area contributed by atoms with Crippen LogP contribution in [0.4, 0.5) is 0 Å². The number of hydrogen-bond donors (Lipinski definition) is 1. The Morgan fingerprint density at radius 3 is 2.48 bits per heavy atom. The first-order valence-corrected chi connectivity index (χ1v) is 9.34. The molecule has 1 fully saturated rings. The van der Waals surface area contributed by atoms with Crippen LogP contribution in [0.3, 0.4) is 0 Å². The Bertz CT molecular complexity index is 797. The monoisotopic (exact) mass is 366 g/mol. The minimum absolute atomic E-state index is 0.102. The molecule has 0 saturated heterocycles. The molecule has 2 aromatic rings. The largest absolute Gasteiger partial charge is 0.497 e. The molecule has 1 aliphatic carbocycles. The summed E-state index contributed by atoms with van der Waals surface area (Å²) in [5.41, 5.74) is 2.78. The van der Waals surface area contributed by atoms with Crippen molar-refractivity contribution in [2.24, 2.45) is 0 Å². The molecule has 27 heavy (non-hydrogen) atoms. The molecule has 2 aromatic carbocycles. The van der Waals surface area contributed by atoms with Crippen LogP contribution in [0.1, 0.15) is 40.7 Å². The van der Waals surface area contributed by atoms with E-state index in [0.29, 0.717) is 31.0 Å². The number of carbonyl (C=O) groups excluding carboxylic acids is 2. The zero-order valence-electron chi connectivity index (χ0n) is 15.9. The quantitative estimate of drug-likeness (QED) is 0.781. The van der Waals surface area contributed by atoms with E-state index in [-0.39, 0.29) is 11.8 Å². The van der Waals surface area contributed by atoms with Gasteiger partial charge in [0.25, 0.3) is 5.91 Å². The molecule has 1 N–H and O–H groups in total. The second kappa shape index (κ2) is 8.71. The van der Waals surface area contributed by atoms with Gasteiger partial charge in [0, 0.05) is 31.6 Å². The predicted octanol–water partition coefficient (Wildman–Crippen LogP) is 3.18. The topological polar surface area (TPSA) is 58.6 Å². The van der Waals surface area contributed by atoms with Crippen LogP contribution in [-0.2, 0) is 17.8 Å². The number of hydrogen-bond acceptors (Lipinski definition) is 3. The summed E-state index contributed by atoms with van der Waals surface area (Å²) in [4.78, 5) is 26.4. The zero-order valence-corrected chi connectivity index (χ0v) is 15.9. The first-order valence-electron chi connectivity index (χ1n) is 9.34. The summed E-state index contributed by atoms with van der Waals surface area (Å²) in [7, 11) is 3.26. The fourth-order valence-corrected chi connectivity index (χ4v) is 3.13. The summed E-state index contributed by atoms with van der Waals surface area (Å²) in [5, 5.41) is 2.62. The van der Waals surface area contributed by atoms with Crippen molar-refractivity contribution in [3.63, 3.8) is 0 Å². The van der Waals surface area contributed by atoms with E-state index >= 15 is 0 Å². The third-order valence-electron chi connectivity index (χ3n) is 4.87. The van der Waals surface area contributed by atoms with Crippen LogP contribution in [0.2, 0.25) is 0 Å². The predicted molar refractivity (Wildman–Crippen MR) is 105 cm³/mol. The molecule has 0 heterocycles. The van der Waals surface area contributed by atoms with Crippen LogP contribution < -0.4 is 10.1 Å². The Labute approximate surface area is 160 Å². The molecule has 0 aliphatic heterocycles. The van der Waals surface area contributed by atoms with Crippen molar-refractivity contribution in [2.45, 2.75) is 38.3 Å². The number of benzene rings is 2. The number of nitrogens with one attached hydrogen (secondary N) is 1. The molecular weight excluding hydrogens is 340 g/mol. The number of ether oxygens (including phenoxy) is 1. The summed E-state index contributed by atoms with van der Waals surface area (Å²) in [5.74, 6) is 0.890. The molecule has 3 rings (SSSR count). The van der Waals surface area contributed by atoms with Gasteiger partial charge in [-0.05, 0) is 54.7 Å². The zero-order chi connectivity index (χ0) is 19.2. The third kappa shape index (κ3) is 5.09. The molecule has 2 amide bonds. The molecule has 0 bridgehead atoms. The van der Waals surface area contributed by atoms with Gasteiger partial charge in [-0.2, -0.15) is 0 Å². The van der Waals surface area contributed by atoms with Crippen molar-refractivity contribution in [1.82, 2.24) is 10.2 Å². The first kappa shape index (κ1) is 19.0. The van der Waals surface area contributed by atoms with Crippen molar-refractivity contribution in [1.29, 1.82) is 0 Å². The Hall–Kier alpha value is -2.82. The minimum Gasteiger partial charge on any atom is -0.497 e. The fourth-order valence-electron chi connectivity index (χ4n) is 3.13. The fraction of sp³-hybridized carbons (Fsp3) is 0.364. The summed E-state index contributed by atoms with van der Waals surface area (Å²) in [6.07, 6.45) is 3.33. The smallest absolute Gasteiger partial charge is 0.251 e. The molecule has 5 nitrogen and oxygen atoms in total. The van der Waals surface area contributed by atoms with E-state index in [4.69, 9.17) is 4.74 Å². The normalized spacial score (nSPS) is 13.1. The number of nitrogens with zero attached hydrogens (tertiary/aromatic N) is 1. The average Bonchev–Trinajstić information content (AvgIpc) is 3.55. The Kier molecular flexibility index (Phi) is 6.12. The molecule has 0 atom stereocenters. The van der Waals surface area contributed by atoms with E-state index in [1.807, 2.05) is 41.3 Å². The van der Waals surface area contributed by atoms with Gasteiger partial charge in [0.05, 0.1) is 7.11 Å². The molecule has 0 aromatic heterocycles. The highest BCUT2D eigenvalue weighted by atomic mass is 16.5. The van der Waals surface area contributed by atoms with Gasteiger partial charge < -0.3 is 15.0 Å². The lowest BCUT2D eigenvalue weighted by Crippen LogP contribution is -2.32. The maximum atomic E-state index is 12.8. The highest BCUT2D eigenvalue weighted by Gasteiger charge is 2.32. The van der Waals surface area contributed by atoms with Crippen LogP contribution in [0, 0.1) is 0 Å². The van der Waals surface area contributed by atoms with Gasteiger partial charge in [-0.1, -0.05) is 24.3 Å². The number of methoxy groups -OCH3 is 1. The van der Waals surface area contributed by atoms with Crippen molar-refractivity contribution in [2.75, 3.05) is 14.2 Å². The van der Waals surface area contributed by atoms with Crippen LogP contribution in [-0.4, -0.2) is 36.9 Å². The van der Waals surface area contributed by atoms with Gasteiger partial charge in [-0.25, -0.2) is 0 Å². The average molecular weight is 366 g/mol. The second-order valence-corrected chi connectivity index (χ2v) is 6.88. The standard InChI is InChI=1S/C22H26N2O3/c1-23-22(26)18-9-6-17(7-10-18)15-24(19-11-12-19)21(25)13-8-16-4-3-5-20(14-16)27-2/h3-7,9-10,14,19H,8,11-13,15H2,1-2H3,(H,23,26). The summed E-state index contributed by atoms with van der Waals surface area (Å²) < 4.78 is 5.25. The lowest BCUT2D eigenvalue weighted by Gasteiger charge is -2.23. The summed E-state index contributed by atoms with van der Waals surface area (Å²) in [6.45, 7) is 0.593. The van der Waals surface area contributed by atoms with Gasteiger partial charge in [0.2, 0.25) is 5.91 Å².